The van der Waals surface area contributed by atoms with Crippen molar-refractivity contribution in [3.05, 3.63) is 41.7 Å². The van der Waals surface area contributed by atoms with Crippen molar-refractivity contribution in [1.82, 2.24) is 20.1 Å². The molecule has 148 valence electrons. The zero-order valence-electron chi connectivity index (χ0n) is 15.7. The summed E-state index contributed by atoms with van der Waals surface area (Å²) in [7, 11) is 0. The van der Waals surface area contributed by atoms with Gasteiger partial charge in [0.25, 0.3) is 0 Å². The van der Waals surface area contributed by atoms with Gasteiger partial charge < -0.3 is 14.1 Å². The van der Waals surface area contributed by atoms with E-state index in [1.165, 1.54) is 32.4 Å². The van der Waals surface area contributed by atoms with Crippen LogP contribution in [0.5, 0.6) is 5.75 Å². The van der Waals surface area contributed by atoms with Crippen molar-refractivity contribution >= 4 is 23.1 Å². The molecule has 0 spiro atoms. The van der Waals surface area contributed by atoms with Gasteiger partial charge in [0.1, 0.15) is 10.1 Å². The van der Waals surface area contributed by atoms with Crippen LogP contribution in [0, 0.1) is 0 Å². The maximum Gasteiger partial charge on any atom is 0.247 e. The molecule has 0 bridgehead atoms. The summed E-state index contributed by atoms with van der Waals surface area (Å²) in [6.07, 6.45) is 6.91. The van der Waals surface area contributed by atoms with Gasteiger partial charge in [-0.1, -0.05) is 18.2 Å². The van der Waals surface area contributed by atoms with Gasteiger partial charge in [-0.2, -0.15) is 0 Å². The van der Waals surface area contributed by atoms with Crippen LogP contribution in [0.3, 0.4) is 0 Å². The maximum absolute atomic E-state index is 5.87. The van der Waals surface area contributed by atoms with Gasteiger partial charge in [-0.25, -0.2) is 4.98 Å². The van der Waals surface area contributed by atoms with E-state index in [4.69, 9.17) is 9.15 Å². The van der Waals surface area contributed by atoms with Crippen molar-refractivity contribution in [2.45, 2.75) is 35.8 Å². The van der Waals surface area contributed by atoms with Gasteiger partial charge in [-0.15, -0.1) is 21.5 Å². The van der Waals surface area contributed by atoms with Crippen molar-refractivity contribution in [1.29, 1.82) is 0 Å². The van der Waals surface area contributed by atoms with Gasteiger partial charge in [-0.3, -0.25) is 0 Å². The van der Waals surface area contributed by atoms with E-state index in [0.29, 0.717) is 17.5 Å². The van der Waals surface area contributed by atoms with E-state index in [2.05, 4.69) is 20.1 Å². The van der Waals surface area contributed by atoms with Crippen molar-refractivity contribution < 1.29 is 9.15 Å². The van der Waals surface area contributed by atoms with Crippen molar-refractivity contribution in [3.8, 4) is 17.2 Å². The Morgan fingerprint density at radius 3 is 2.75 bits per heavy atom. The molecule has 0 aliphatic carbocycles. The third kappa shape index (κ3) is 5.56. The Hall–Kier alpha value is -1.90. The molecule has 0 radical (unpaired) electrons. The van der Waals surface area contributed by atoms with Crippen molar-refractivity contribution in [2.75, 3.05) is 26.2 Å². The van der Waals surface area contributed by atoms with Crippen LogP contribution in [0.4, 0.5) is 0 Å². The Bertz CT molecular complexity index is 830. The third-order valence-electron chi connectivity index (χ3n) is 4.63. The van der Waals surface area contributed by atoms with E-state index in [0.717, 1.165) is 35.2 Å². The molecular formula is C20H24N4O2S2. The summed E-state index contributed by atoms with van der Waals surface area (Å²) in [5, 5.41) is 10.2. The number of hydrogen-bond donors (Lipinski definition) is 0. The van der Waals surface area contributed by atoms with E-state index in [1.54, 1.807) is 29.3 Å². The average Bonchev–Trinajstić information content (AvgIpc) is 3.43. The highest BCUT2D eigenvalue weighted by atomic mass is 32.2. The molecule has 4 rings (SSSR count). The summed E-state index contributed by atoms with van der Waals surface area (Å²) in [5.41, 5.74) is 0.902. The van der Waals surface area contributed by atoms with Crippen LogP contribution in [0.2, 0.25) is 0 Å². The Morgan fingerprint density at radius 2 is 1.96 bits per heavy atom. The highest BCUT2D eigenvalue weighted by Gasteiger charge is 2.11. The van der Waals surface area contributed by atoms with Crippen LogP contribution in [0.15, 0.2) is 44.6 Å². The highest BCUT2D eigenvalue weighted by molar-refractivity contribution is 8.00. The zero-order chi connectivity index (χ0) is 19.0. The summed E-state index contributed by atoms with van der Waals surface area (Å²) in [4.78, 5) is 6.78. The second-order valence-corrected chi connectivity index (χ2v) is 8.83. The Morgan fingerprint density at radius 1 is 1.11 bits per heavy atom. The molecule has 3 aromatic rings. The largest absolute Gasteiger partial charge is 0.494 e. The fourth-order valence-corrected chi connectivity index (χ4v) is 4.66. The molecule has 0 unspecified atom stereocenters. The van der Waals surface area contributed by atoms with Crippen molar-refractivity contribution in [2.24, 2.45) is 0 Å². The fraction of sp³-hybridized carbons (Fsp3) is 0.450. The van der Waals surface area contributed by atoms with E-state index < -0.39 is 0 Å². The molecule has 3 heterocycles. The summed E-state index contributed by atoms with van der Waals surface area (Å²) in [5.74, 6) is 2.64. The predicted octanol–water partition coefficient (Wildman–Crippen LogP) is 4.74. The molecular weight excluding hydrogens is 392 g/mol. The molecule has 2 aromatic heterocycles. The number of ether oxygens (including phenoxy) is 1. The SMILES string of the molecule is c1csc(SCc2nnc(-c3ccc(OCCCN4CCCCC4)cc3)o2)n1. The van der Waals surface area contributed by atoms with Crippen molar-refractivity contribution in [3.63, 3.8) is 0 Å². The molecule has 0 amide bonds. The summed E-state index contributed by atoms with van der Waals surface area (Å²) in [6.45, 7) is 4.35. The fourth-order valence-electron chi connectivity index (χ4n) is 3.19. The molecule has 0 atom stereocenters. The van der Waals surface area contributed by atoms with Gasteiger partial charge in [0, 0.05) is 23.7 Å². The van der Waals surface area contributed by atoms with Crippen LogP contribution in [0.1, 0.15) is 31.6 Å². The lowest BCUT2D eigenvalue weighted by atomic mass is 10.1. The summed E-state index contributed by atoms with van der Waals surface area (Å²) >= 11 is 3.21. The van der Waals surface area contributed by atoms with Crippen LogP contribution in [0.25, 0.3) is 11.5 Å². The topological polar surface area (TPSA) is 64.3 Å². The first-order chi connectivity index (χ1) is 13.9. The van der Waals surface area contributed by atoms with Gasteiger partial charge in [0.05, 0.1) is 12.4 Å². The van der Waals surface area contributed by atoms with E-state index >= 15 is 0 Å². The van der Waals surface area contributed by atoms with Crippen LogP contribution >= 0.6 is 23.1 Å². The number of rotatable bonds is 9. The lowest BCUT2D eigenvalue weighted by Gasteiger charge is -2.26. The number of aromatic nitrogens is 3. The lowest BCUT2D eigenvalue weighted by Crippen LogP contribution is -2.31. The van der Waals surface area contributed by atoms with E-state index in [1.807, 2.05) is 29.6 Å². The second-order valence-electron chi connectivity index (χ2n) is 6.72. The first kappa shape index (κ1) is 19.4. The minimum atomic E-state index is 0.534. The van der Waals surface area contributed by atoms with Gasteiger partial charge in [0.15, 0.2) is 0 Å². The smallest absolute Gasteiger partial charge is 0.247 e. The normalized spacial score (nSPS) is 15.0. The second kappa shape index (κ2) is 10.0. The molecule has 6 nitrogen and oxygen atoms in total. The molecule has 28 heavy (non-hydrogen) atoms. The minimum absolute atomic E-state index is 0.534. The number of benzene rings is 1. The van der Waals surface area contributed by atoms with Gasteiger partial charge >= 0.3 is 0 Å². The number of nitrogens with zero attached hydrogens (tertiary/aromatic N) is 4. The van der Waals surface area contributed by atoms with E-state index in [9.17, 15) is 0 Å². The highest BCUT2D eigenvalue weighted by Crippen LogP contribution is 2.26. The number of likely N-dealkylation sites (tertiary alicyclic amines) is 1. The van der Waals surface area contributed by atoms with Crippen LogP contribution in [-0.4, -0.2) is 46.3 Å². The predicted molar refractivity (Wildman–Crippen MR) is 112 cm³/mol. The molecule has 1 aliphatic heterocycles. The Balaban J connectivity index is 1.22. The van der Waals surface area contributed by atoms with Crippen LogP contribution < -0.4 is 4.74 Å². The summed E-state index contributed by atoms with van der Waals surface area (Å²) < 4.78 is 12.6. The standard InChI is InChI=1S/C20H24N4O2S2/c1-2-10-24(11-3-1)12-4-13-25-17-7-5-16(6-8-17)19-23-22-18(26-19)15-28-20-21-9-14-27-20/h5-9,14H,1-4,10-13,15H2. The molecule has 1 fully saturated rings. The maximum atomic E-state index is 5.87. The Kier molecular flexibility index (Phi) is 6.96. The molecule has 8 heteroatoms. The lowest BCUT2D eigenvalue weighted by molar-refractivity contribution is 0.205. The number of piperidine rings is 1. The van der Waals surface area contributed by atoms with Gasteiger partial charge in [0.2, 0.25) is 11.8 Å². The molecule has 1 saturated heterocycles. The van der Waals surface area contributed by atoms with Gasteiger partial charge in [-0.05, 0) is 56.6 Å². The monoisotopic (exact) mass is 416 g/mol. The number of thiazole rings is 1. The number of thioether (sulfide) groups is 1. The average molecular weight is 417 g/mol. The zero-order valence-corrected chi connectivity index (χ0v) is 17.4. The first-order valence-corrected chi connectivity index (χ1v) is 11.5. The molecule has 1 aromatic carbocycles. The summed E-state index contributed by atoms with van der Waals surface area (Å²) in [6, 6.07) is 7.85. The quantitative estimate of drug-likeness (QED) is 0.369. The molecule has 0 N–H and O–H groups in total. The first-order valence-electron chi connectivity index (χ1n) is 9.67. The Labute approximate surface area is 173 Å². The molecule has 0 saturated carbocycles. The molecule has 1 aliphatic rings. The minimum Gasteiger partial charge on any atom is -0.494 e. The van der Waals surface area contributed by atoms with Crippen LogP contribution in [-0.2, 0) is 5.75 Å². The number of hydrogen-bond acceptors (Lipinski definition) is 8. The van der Waals surface area contributed by atoms with E-state index in [-0.39, 0.29) is 0 Å². The third-order valence-corrected chi connectivity index (χ3v) is 6.58.